The summed E-state index contributed by atoms with van der Waals surface area (Å²) in [5, 5.41) is 9.14. The van der Waals surface area contributed by atoms with Gasteiger partial charge in [0, 0.05) is 26.2 Å². The Labute approximate surface area is 116 Å². The number of aliphatic carboxylic acids is 1. The average molecular weight is 279 g/mol. The molecule has 108 valence electrons. The normalized spacial score (nSPS) is 22.6. The molecule has 0 radical (unpaired) electrons. The SMILES string of the molecule is COC1CC(C(=O)O)N(C(=O)/C=C/c2ccc(C)o2)C1. The summed E-state index contributed by atoms with van der Waals surface area (Å²) in [4.78, 5) is 24.6. The number of carboxylic acid groups (broad SMARTS) is 1. The number of amides is 1. The van der Waals surface area contributed by atoms with Crippen molar-refractivity contribution in [2.75, 3.05) is 13.7 Å². The van der Waals surface area contributed by atoms with Crippen LogP contribution >= 0.6 is 0 Å². The number of hydrogen-bond acceptors (Lipinski definition) is 4. The number of carboxylic acids is 1. The first-order valence-corrected chi connectivity index (χ1v) is 6.32. The topological polar surface area (TPSA) is 80.0 Å². The molecular formula is C14H17NO5. The lowest BCUT2D eigenvalue weighted by Gasteiger charge is -2.19. The van der Waals surface area contributed by atoms with Gasteiger partial charge in [-0.1, -0.05) is 0 Å². The lowest BCUT2D eigenvalue weighted by atomic mass is 10.2. The number of likely N-dealkylation sites (tertiary alicyclic amines) is 1. The van der Waals surface area contributed by atoms with E-state index in [0.29, 0.717) is 12.2 Å². The highest BCUT2D eigenvalue weighted by atomic mass is 16.5. The number of carbonyl (C=O) groups is 2. The first-order valence-electron chi connectivity index (χ1n) is 6.32. The summed E-state index contributed by atoms with van der Waals surface area (Å²) in [5.41, 5.74) is 0. The van der Waals surface area contributed by atoms with Crippen LogP contribution in [0.2, 0.25) is 0 Å². The largest absolute Gasteiger partial charge is 0.480 e. The van der Waals surface area contributed by atoms with E-state index in [0.717, 1.165) is 5.76 Å². The number of hydrogen-bond donors (Lipinski definition) is 1. The van der Waals surface area contributed by atoms with Crippen molar-refractivity contribution >= 4 is 18.0 Å². The number of rotatable bonds is 4. The number of aryl methyl sites for hydroxylation is 1. The first-order chi connectivity index (χ1) is 9.51. The van der Waals surface area contributed by atoms with Gasteiger partial charge in [0.15, 0.2) is 0 Å². The second kappa shape index (κ2) is 5.92. The molecule has 0 spiro atoms. The van der Waals surface area contributed by atoms with E-state index in [1.807, 2.05) is 6.92 Å². The molecule has 1 fully saturated rings. The summed E-state index contributed by atoms with van der Waals surface area (Å²) >= 11 is 0. The second-order valence-corrected chi connectivity index (χ2v) is 4.72. The fourth-order valence-corrected chi connectivity index (χ4v) is 2.24. The molecule has 0 aliphatic carbocycles. The van der Waals surface area contributed by atoms with Crippen molar-refractivity contribution in [1.29, 1.82) is 0 Å². The van der Waals surface area contributed by atoms with E-state index in [4.69, 9.17) is 14.3 Å². The van der Waals surface area contributed by atoms with Crippen molar-refractivity contribution < 1.29 is 23.8 Å². The molecule has 1 aromatic heterocycles. The molecule has 0 aromatic carbocycles. The molecule has 6 heteroatoms. The molecule has 0 saturated carbocycles. The molecule has 20 heavy (non-hydrogen) atoms. The minimum Gasteiger partial charge on any atom is -0.480 e. The van der Waals surface area contributed by atoms with E-state index in [-0.39, 0.29) is 18.6 Å². The summed E-state index contributed by atoms with van der Waals surface area (Å²) in [7, 11) is 1.51. The Morgan fingerprint density at radius 1 is 1.50 bits per heavy atom. The Balaban J connectivity index is 2.07. The lowest BCUT2D eigenvalue weighted by molar-refractivity contribution is -0.146. The van der Waals surface area contributed by atoms with Gasteiger partial charge in [-0.3, -0.25) is 4.79 Å². The molecule has 1 aliphatic heterocycles. The highest BCUT2D eigenvalue weighted by molar-refractivity contribution is 5.94. The third-order valence-corrected chi connectivity index (χ3v) is 3.32. The maximum Gasteiger partial charge on any atom is 0.326 e. The highest BCUT2D eigenvalue weighted by Gasteiger charge is 2.38. The van der Waals surface area contributed by atoms with E-state index < -0.39 is 12.0 Å². The van der Waals surface area contributed by atoms with Crippen LogP contribution in [0.1, 0.15) is 17.9 Å². The number of furan rings is 1. The lowest BCUT2D eigenvalue weighted by Crippen LogP contribution is -2.39. The third-order valence-electron chi connectivity index (χ3n) is 3.32. The maximum absolute atomic E-state index is 12.1. The zero-order valence-corrected chi connectivity index (χ0v) is 11.4. The smallest absolute Gasteiger partial charge is 0.326 e. The van der Waals surface area contributed by atoms with Gasteiger partial charge in [-0.25, -0.2) is 4.79 Å². The Bertz CT molecular complexity index is 533. The van der Waals surface area contributed by atoms with Gasteiger partial charge >= 0.3 is 5.97 Å². The molecule has 1 aliphatic rings. The molecular weight excluding hydrogens is 262 g/mol. The van der Waals surface area contributed by atoms with Gasteiger partial charge in [0.1, 0.15) is 17.6 Å². The van der Waals surface area contributed by atoms with Crippen LogP contribution in [0.4, 0.5) is 0 Å². The molecule has 1 N–H and O–H groups in total. The van der Waals surface area contributed by atoms with Crippen LogP contribution in [-0.4, -0.2) is 47.7 Å². The number of nitrogens with zero attached hydrogens (tertiary/aromatic N) is 1. The maximum atomic E-state index is 12.1. The highest BCUT2D eigenvalue weighted by Crippen LogP contribution is 2.21. The monoisotopic (exact) mass is 279 g/mol. The van der Waals surface area contributed by atoms with Gasteiger partial charge < -0.3 is 19.2 Å². The van der Waals surface area contributed by atoms with Crippen molar-refractivity contribution in [1.82, 2.24) is 4.90 Å². The molecule has 2 rings (SSSR count). The number of carbonyl (C=O) groups excluding carboxylic acids is 1. The minimum absolute atomic E-state index is 0.237. The fourth-order valence-electron chi connectivity index (χ4n) is 2.24. The van der Waals surface area contributed by atoms with Crippen molar-refractivity contribution in [2.24, 2.45) is 0 Å². The molecule has 2 atom stereocenters. The number of ether oxygens (including phenoxy) is 1. The molecule has 1 aromatic rings. The van der Waals surface area contributed by atoms with Gasteiger partial charge in [-0.15, -0.1) is 0 Å². The van der Waals surface area contributed by atoms with Gasteiger partial charge in [0.25, 0.3) is 0 Å². The molecule has 2 heterocycles. The summed E-state index contributed by atoms with van der Waals surface area (Å²) in [6.07, 6.45) is 2.94. The van der Waals surface area contributed by atoms with E-state index in [9.17, 15) is 9.59 Å². The predicted octanol–water partition coefficient (Wildman–Crippen LogP) is 1.30. The van der Waals surface area contributed by atoms with Gasteiger partial charge in [-0.2, -0.15) is 0 Å². The molecule has 0 bridgehead atoms. The van der Waals surface area contributed by atoms with Crippen molar-refractivity contribution in [3.8, 4) is 0 Å². The Morgan fingerprint density at radius 3 is 2.80 bits per heavy atom. The molecule has 1 saturated heterocycles. The third kappa shape index (κ3) is 3.08. The first kappa shape index (κ1) is 14.3. The van der Waals surface area contributed by atoms with Gasteiger partial charge in [0.05, 0.1) is 6.10 Å². The minimum atomic E-state index is -1.01. The van der Waals surface area contributed by atoms with Crippen LogP contribution in [0.25, 0.3) is 6.08 Å². The molecule has 2 unspecified atom stereocenters. The summed E-state index contributed by atoms with van der Waals surface area (Å²) < 4.78 is 10.5. The summed E-state index contributed by atoms with van der Waals surface area (Å²) in [6.45, 7) is 2.09. The van der Waals surface area contributed by atoms with Crippen LogP contribution < -0.4 is 0 Å². The second-order valence-electron chi connectivity index (χ2n) is 4.72. The van der Waals surface area contributed by atoms with Crippen LogP contribution in [0.15, 0.2) is 22.6 Å². The van der Waals surface area contributed by atoms with Crippen molar-refractivity contribution in [3.63, 3.8) is 0 Å². The Morgan fingerprint density at radius 2 is 2.25 bits per heavy atom. The van der Waals surface area contributed by atoms with E-state index in [2.05, 4.69) is 0 Å². The van der Waals surface area contributed by atoms with E-state index >= 15 is 0 Å². The van der Waals surface area contributed by atoms with Crippen LogP contribution in [0, 0.1) is 6.92 Å². The predicted molar refractivity (Wildman–Crippen MR) is 71.0 cm³/mol. The summed E-state index contributed by atoms with van der Waals surface area (Å²) in [6, 6.07) is 2.70. The number of methoxy groups -OCH3 is 1. The zero-order chi connectivity index (χ0) is 14.7. The Hall–Kier alpha value is -2.08. The van der Waals surface area contributed by atoms with Gasteiger partial charge in [-0.05, 0) is 25.1 Å². The van der Waals surface area contributed by atoms with Crippen LogP contribution in [0.3, 0.4) is 0 Å². The Kier molecular flexibility index (Phi) is 4.24. The van der Waals surface area contributed by atoms with E-state index in [1.165, 1.54) is 24.2 Å². The zero-order valence-electron chi connectivity index (χ0n) is 11.4. The van der Waals surface area contributed by atoms with Crippen LogP contribution in [0.5, 0.6) is 0 Å². The quantitative estimate of drug-likeness (QED) is 0.840. The van der Waals surface area contributed by atoms with Crippen molar-refractivity contribution in [3.05, 3.63) is 29.7 Å². The average Bonchev–Trinajstić information content (AvgIpc) is 3.02. The molecule has 1 amide bonds. The standard InChI is InChI=1S/C14H17NO5/c1-9-3-4-10(20-9)5-6-13(16)15-8-11(19-2)7-12(15)14(17)18/h3-6,11-12H,7-8H2,1-2H3,(H,17,18)/b6-5+. The molecule has 6 nitrogen and oxygen atoms in total. The summed E-state index contributed by atoms with van der Waals surface area (Å²) in [5.74, 6) is -0.0579. The fraction of sp³-hybridized carbons (Fsp3) is 0.429. The van der Waals surface area contributed by atoms with E-state index in [1.54, 1.807) is 12.1 Å². The van der Waals surface area contributed by atoms with Crippen LogP contribution in [-0.2, 0) is 14.3 Å². The van der Waals surface area contributed by atoms with Crippen molar-refractivity contribution in [2.45, 2.75) is 25.5 Å². The van der Waals surface area contributed by atoms with Gasteiger partial charge in [0.2, 0.25) is 5.91 Å².